The average molecular weight is 257 g/mol. The second-order valence-corrected chi connectivity index (χ2v) is 5.27. The number of aliphatic imine (C=N–C) groups is 1. The molecule has 3 N–H and O–H groups in total. The third-order valence-corrected chi connectivity index (χ3v) is 3.15. The van der Waals surface area contributed by atoms with Crippen LogP contribution in [-0.2, 0) is 4.74 Å². The highest BCUT2D eigenvalue weighted by Crippen LogP contribution is 2.24. The lowest BCUT2D eigenvalue weighted by atomic mass is 10.0. The molecule has 0 aromatic rings. The van der Waals surface area contributed by atoms with Gasteiger partial charge in [-0.25, -0.2) is 0 Å². The van der Waals surface area contributed by atoms with Crippen molar-refractivity contribution < 1.29 is 9.84 Å². The van der Waals surface area contributed by atoms with E-state index in [-0.39, 0.29) is 18.1 Å². The second kappa shape index (κ2) is 7.59. The molecule has 0 spiro atoms. The fourth-order valence-corrected chi connectivity index (χ4v) is 1.89. The number of aliphatic hydroxyl groups excluding tert-OH is 1. The van der Waals surface area contributed by atoms with Gasteiger partial charge in [0.25, 0.3) is 0 Å². The first-order valence-corrected chi connectivity index (χ1v) is 6.86. The summed E-state index contributed by atoms with van der Waals surface area (Å²) in [7, 11) is 0. The lowest BCUT2D eigenvalue weighted by Crippen LogP contribution is -2.41. The molecule has 2 unspecified atom stereocenters. The molecule has 1 rings (SSSR count). The topological polar surface area (TPSA) is 65.9 Å². The van der Waals surface area contributed by atoms with Crippen molar-refractivity contribution in [1.29, 1.82) is 0 Å². The van der Waals surface area contributed by atoms with Gasteiger partial charge in [0, 0.05) is 26.3 Å². The predicted molar refractivity (Wildman–Crippen MR) is 73.8 cm³/mol. The highest BCUT2D eigenvalue weighted by molar-refractivity contribution is 5.79. The molecule has 1 saturated heterocycles. The van der Waals surface area contributed by atoms with Crippen LogP contribution in [0.1, 0.15) is 33.6 Å². The van der Waals surface area contributed by atoms with Crippen LogP contribution in [0.4, 0.5) is 0 Å². The number of hydrogen-bond acceptors (Lipinski definition) is 3. The maximum atomic E-state index is 9.00. The molecule has 2 atom stereocenters. The zero-order valence-corrected chi connectivity index (χ0v) is 11.8. The van der Waals surface area contributed by atoms with Gasteiger partial charge in [0.05, 0.1) is 12.1 Å². The van der Waals surface area contributed by atoms with Crippen molar-refractivity contribution >= 4 is 5.96 Å². The van der Waals surface area contributed by atoms with Crippen molar-refractivity contribution in [3.63, 3.8) is 0 Å². The largest absolute Gasteiger partial charge is 0.396 e. The predicted octanol–water partition coefficient (Wildman–Crippen LogP) is 0.739. The van der Waals surface area contributed by atoms with E-state index in [1.54, 1.807) is 0 Å². The molecule has 0 amide bonds. The molecule has 5 nitrogen and oxygen atoms in total. The van der Waals surface area contributed by atoms with Crippen molar-refractivity contribution in [3.8, 4) is 0 Å². The summed E-state index contributed by atoms with van der Waals surface area (Å²) in [6, 6.07) is 0. The Morgan fingerprint density at radius 2 is 2.28 bits per heavy atom. The molecule has 18 heavy (non-hydrogen) atoms. The molecule has 0 aromatic heterocycles. The van der Waals surface area contributed by atoms with Gasteiger partial charge in [-0.3, -0.25) is 4.99 Å². The van der Waals surface area contributed by atoms with E-state index in [4.69, 9.17) is 9.84 Å². The highest BCUT2D eigenvalue weighted by Gasteiger charge is 2.29. The summed E-state index contributed by atoms with van der Waals surface area (Å²) in [4.78, 5) is 4.56. The number of hydrogen-bond donors (Lipinski definition) is 3. The van der Waals surface area contributed by atoms with Gasteiger partial charge in [-0.15, -0.1) is 0 Å². The number of ether oxygens (including phenoxy) is 1. The van der Waals surface area contributed by atoms with Gasteiger partial charge < -0.3 is 20.5 Å². The molecular formula is C13H27N3O2. The van der Waals surface area contributed by atoms with E-state index in [1.165, 1.54) is 0 Å². The van der Waals surface area contributed by atoms with E-state index in [9.17, 15) is 0 Å². The summed E-state index contributed by atoms with van der Waals surface area (Å²) in [6.07, 6.45) is 2.19. The van der Waals surface area contributed by atoms with Gasteiger partial charge in [0.1, 0.15) is 0 Å². The summed E-state index contributed by atoms with van der Waals surface area (Å²) < 4.78 is 5.71. The Kier molecular flexibility index (Phi) is 6.43. The van der Waals surface area contributed by atoms with E-state index in [1.807, 2.05) is 13.8 Å². The molecule has 1 fully saturated rings. The Balaban J connectivity index is 2.44. The standard InChI is InChI=1S/C13H27N3O2/c1-4-14-12(15-8-11(2)9-17)16-10-13(3)6-5-7-18-13/h11,17H,4-10H2,1-3H3,(H2,14,15,16). The summed E-state index contributed by atoms with van der Waals surface area (Å²) in [5.41, 5.74) is -0.106. The Morgan fingerprint density at radius 3 is 2.83 bits per heavy atom. The third-order valence-electron chi connectivity index (χ3n) is 3.15. The zero-order chi connectivity index (χ0) is 13.4. The fraction of sp³-hybridized carbons (Fsp3) is 0.923. The molecule has 0 saturated carbocycles. The van der Waals surface area contributed by atoms with Crippen molar-refractivity contribution in [2.24, 2.45) is 10.9 Å². The Morgan fingerprint density at radius 1 is 1.50 bits per heavy atom. The lowest BCUT2D eigenvalue weighted by molar-refractivity contribution is 0.0283. The lowest BCUT2D eigenvalue weighted by Gasteiger charge is -2.22. The molecule has 0 aromatic carbocycles. The first kappa shape index (κ1) is 15.2. The molecule has 5 heteroatoms. The van der Waals surface area contributed by atoms with Crippen molar-refractivity contribution in [2.45, 2.75) is 39.2 Å². The number of rotatable bonds is 6. The SMILES string of the molecule is CCNC(=NCC1(C)CCCO1)NCC(C)CO. The smallest absolute Gasteiger partial charge is 0.191 e. The summed E-state index contributed by atoms with van der Waals surface area (Å²) in [5.74, 6) is 1.03. The molecule has 1 aliphatic rings. The van der Waals surface area contributed by atoms with Crippen molar-refractivity contribution in [3.05, 3.63) is 0 Å². The van der Waals surface area contributed by atoms with Crippen LogP contribution in [0.5, 0.6) is 0 Å². The molecule has 1 heterocycles. The molecule has 1 aliphatic heterocycles. The van der Waals surface area contributed by atoms with Crippen LogP contribution < -0.4 is 10.6 Å². The maximum absolute atomic E-state index is 9.00. The van der Waals surface area contributed by atoms with E-state index in [0.717, 1.165) is 38.5 Å². The van der Waals surface area contributed by atoms with Gasteiger partial charge >= 0.3 is 0 Å². The van der Waals surface area contributed by atoms with Gasteiger partial charge in [0.2, 0.25) is 0 Å². The summed E-state index contributed by atoms with van der Waals surface area (Å²) >= 11 is 0. The first-order valence-electron chi connectivity index (χ1n) is 6.86. The summed E-state index contributed by atoms with van der Waals surface area (Å²) in [6.45, 7) is 9.42. The van der Waals surface area contributed by atoms with Crippen LogP contribution in [0, 0.1) is 5.92 Å². The molecule has 106 valence electrons. The van der Waals surface area contributed by atoms with Crippen molar-refractivity contribution in [1.82, 2.24) is 10.6 Å². The number of aliphatic hydroxyl groups is 1. The van der Waals surface area contributed by atoms with Crippen LogP contribution in [0.3, 0.4) is 0 Å². The summed E-state index contributed by atoms with van der Waals surface area (Å²) in [5, 5.41) is 15.4. The normalized spacial score (nSPS) is 26.1. The van der Waals surface area contributed by atoms with Gasteiger partial charge in [-0.2, -0.15) is 0 Å². The van der Waals surface area contributed by atoms with Gasteiger partial charge in [-0.05, 0) is 32.6 Å². The Hall–Kier alpha value is -0.810. The van der Waals surface area contributed by atoms with E-state index in [2.05, 4.69) is 22.5 Å². The van der Waals surface area contributed by atoms with Crippen LogP contribution in [-0.4, -0.2) is 49.5 Å². The minimum atomic E-state index is -0.106. The number of nitrogens with one attached hydrogen (secondary N) is 2. The second-order valence-electron chi connectivity index (χ2n) is 5.27. The minimum absolute atomic E-state index is 0.106. The zero-order valence-electron chi connectivity index (χ0n) is 11.8. The van der Waals surface area contributed by atoms with Crippen LogP contribution in [0.25, 0.3) is 0 Å². The molecule has 0 bridgehead atoms. The number of nitrogens with zero attached hydrogens (tertiary/aromatic N) is 1. The van der Waals surface area contributed by atoms with Crippen LogP contribution in [0.15, 0.2) is 4.99 Å². The number of guanidine groups is 1. The van der Waals surface area contributed by atoms with Crippen molar-refractivity contribution in [2.75, 3.05) is 32.8 Å². The molecule has 0 aliphatic carbocycles. The third kappa shape index (κ3) is 5.23. The van der Waals surface area contributed by atoms with E-state index >= 15 is 0 Å². The molecule has 0 radical (unpaired) electrons. The Bertz CT molecular complexity index is 263. The van der Waals surface area contributed by atoms with E-state index in [0.29, 0.717) is 6.54 Å². The van der Waals surface area contributed by atoms with Crippen LogP contribution >= 0.6 is 0 Å². The quantitative estimate of drug-likeness (QED) is 0.485. The van der Waals surface area contributed by atoms with E-state index < -0.39 is 0 Å². The molecular weight excluding hydrogens is 230 g/mol. The van der Waals surface area contributed by atoms with Crippen LogP contribution in [0.2, 0.25) is 0 Å². The minimum Gasteiger partial charge on any atom is -0.396 e. The average Bonchev–Trinajstić information content (AvgIpc) is 2.79. The van der Waals surface area contributed by atoms with Gasteiger partial charge in [-0.1, -0.05) is 6.92 Å². The monoisotopic (exact) mass is 257 g/mol. The fourth-order valence-electron chi connectivity index (χ4n) is 1.89. The highest BCUT2D eigenvalue weighted by atomic mass is 16.5. The van der Waals surface area contributed by atoms with Gasteiger partial charge in [0.15, 0.2) is 5.96 Å². The Labute approximate surface area is 110 Å². The first-order chi connectivity index (χ1) is 8.59. The maximum Gasteiger partial charge on any atom is 0.191 e.